The molecule has 1 heterocycles. The van der Waals surface area contributed by atoms with E-state index in [2.05, 4.69) is 14.9 Å². The van der Waals surface area contributed by atoms with Gasteiger partial charge in [0.05, 0.1) is 22.1 Å². The zero-order chi connectivity index (χ0) is 18.6. The molecule has 2 aromatic carbocycles. The summed E-state index contributed by atoms with van der Waals surface area (Å²) in [5.41, 5.74) is 1.10. The van der Waals surface area contributed by atoms with Gasteiger partial charge in [-0.1, -0.05) is 29.8 Å². The molecular weight excluding hydrogens is 378 g/mol. The van der Waals surface area contributed by atoms with Gasteiger partial charge < -0.3 is 9.15 Å². The molecule has 0 atom stereocenters. The largest absolute Gasteiger partial charge is 0.416 e. The summed E-state index contributed by atoms with van der Waals surface area (Å²) in [6.07, 6.45) is 0. The van der Waals surface area contributed by atoms with Crippen LogP contribution in [-0.4, -0.2) is 38.9 Å². The van der Waals surface area contributed by atoms with Gasteiger partial charge in [-0.25, -0.2) is 13.1 Å². The molecule has 0 spiro atoms. The minimum absolute atomic E-state index is 0.0486. The second kappa shape index (κ2) is 7.96. The normalized spacial score (nSPS) is 11.6. The average Bonchev–Trinajstić information content (AvgIpc) is 3.13. The zero-order valence-electron chi connectivity index (χ0n) is 13.8. The fourth-order valence-electron chi connectivity index (χ4n) is 2.23. The van der Waals surface area contributed by atoms with Crippen LogP contribution < -0.4 is 4.72 Å². The lowest BCUT2D eigenvalue weighted by atomic mass is 10.2. The van der Waals surface area contributed by atoms with E-state index in [1.807, 2.05) is 30.3 Å². The van der Waals surface area contributed by atoms with Crippen molar-refractivity contribution in [1.82, 2.24) is 14.9 Å². The van der Waals surface area contributed by atoms with Crippen molar-refractivity contribution in [3.63, 3.8) is 0 Å². The lowest BCUT2D eigenvalue weighted by molar-refractivity contribution is 0.204. The number of hydrogen-bond acceptors (Lipinski definition) is 6. The summed E-state index contributed by atoms with van der Waals surface area (Å²) < 4.78 is 37.7. The monoisotopic (exact) mass is 393 g/mol. The van der Waals surface area contributed by atoms with Gasteiger partial charge in [-0.05, 0) is 30.3 Å². The van der Waals surface area contributed by atoms with Crippen molar-refractivity contribution < 1.29 is 17.6 Å². The fourth-order valence-corrected chi connectivity index (χ4v) is 3.46. The molecule has 0 fully saturated rings. The van der Waals surface area contributed by atoms with E-state index in [0.29, 0.717) is 16.5 Å². The lowest BCUT2D eigenvalue weighted by Gasteiger charge is -2.08. The molecule has 0 aliphatic rings. The van der Waals surface area contributed by atoms with Gasteiger partial charge in [-0.2, -0.15) is 0 Å². The lowest BCUT2D eigenvalue weighted by Crippen LogP contribution is -2.27. The molecule has 0 saturated carbocycles. The summed E-state index contributed by atoms with van der Waals surface area (Å²) in [6, 6.07) is 13.5. The van der Waals surface area contributed by atoms with Crippen molar-refractivity contribution in [2.24, 2.45) is 0 Å². The molecule has 0 amide bonds. The van der Waals surface area contributed by atoms with Gasteiger partial charge >= 0.3 is 0 Å². The van der Waals surface area contributed by atoms with Crippen LogP contribution in [0.25, 0.3) is 22.9 Å². The Morgan fingerprint density at radius 2 is 1.85 bits per heavy atom. The summed E-state index contributed by atoms with van der Waals surface area (Å²) in [6.45, 7) is 0.430. The quantitative estimate of drug-likeness (QED) is 0.620. The smallest absolute Gasteiger partial charge is 0.249 e. The minimum atomic E-state index is -3.70. The van der Waals surface area contributed by atoms with Crippen molar-refractivity contribution >= 4 is 21.6 Å². The van der Waals surface area contributed by atoms with E-state index in [4.69, 9.17) is 20.8 Å². The maximum absolute atomic E-state index is 12.4. The van der Waals surface area contributed by atoms with Crippen molar-refractivity contribution in [1.29, 1.82) is 0 Å². The van der Waals surface area contributed by atoms with Crippen LogP contribution in [0.3, 0.4) is 0 Å². The predicted octanol–water partition coefficient (Wildman–Crippen LogP) is 2.98. The second-order valence-corrected chi connectivity index (χ2v) is 7.48. The number of benzene rings is 2. The molecule has 3 rings (SSSR count). The van der Waals surface area contributed by atoms with Crippen LogP contribution in [0.2, 0.25) is 5.02 Å². The molecule has 7 nitrogen and oxygen atoms in total. The van der Waals surface area contributed by atoms with Crippen LogP contribution >= 0.6 is 11.6 Å². The van der Waals surface area contributed by atoms with Crippen molar-refractivity contribution in [3.8, 4) is 22.9 Å². The number of nitrogens with one attached hydrogen (secondary N) is 1. The molecule has 1 N–H and O–H groups in total. The number of methoxy groups -OCH3 is 1. The molecule has 9 heteroatoms. The summed E-state index contributed by atoms with van der Waals surface area (Å²) in [5.74, 6) is 0.464. The first-order chi connectivity index (χ1) is 12.5. The third kappa shape index (κ3) is 4.10. The molecule has 0 unspecified atom stereocenters. The van der Waals surface area contributed by atoms with Crippen LogP contribution in [0.4, 0.5) is 0 Å². The fraction of sp³-hybridized carbons (Fsp3) is 0.176. The number of sulfonamides is 1. The summed E-state index contributed by atoms with van der Waals surface area (Å²) in [4.78, 5) is 0.0486. The van der Waals surface area contributed by atoms with E-state index in [-0.39, 0.29) is 23.9 Å². The van der Waals surface area contributed by atoms with E-state index < -0.39 is 10.0 Å². The molecule has 3 aromatic rings. The third-order valence-electron chi connectivity index (χ3n) is 3.52. The van der Waals surface area contributed by atoms with Gasteiger partial charge in [-0.3, -0.25) is 0 Å². The van der Waals surface area contributed by atoms with E-state index >= 15 is 0 Å². The number of aromatic nitrogens is 2. The Morgan fingerprint density at radius 3 is 2.58 bits per heavy atom. The number of nitrogens with zero attached hydrogens (tertiary/aromatic N) is 2. The number of hydrogen-bond donors (Lipinski definition) is 1. The van der Waals surface area contributed by atoms with E-state index in [1.54, 1.807) is 0 Å². The highest BCUT2D eigenvalue weighted by atomic mass is 35.5. The molecule has 1 aromatic heterocycles. The molecule has 0 bridgehead atoms. The number of ether oxygens (including phenoxy) is 1. The van der Waals surface area contributed by atoms with Crippen LogP contribution in [0.5, 0.6) is 0 Å². The standard InChI is InChI=1S/C17H16ClN3O4S/c1-24-10-9-19-26(22,23)13-7-8-15(18)14(11-13)17-21-20-16(25-17)12-5-3-2-4-6-12/h2-8,11,19H,9-10H2,1H3. The Bertz CT molecular complexity index is 990. The molecule has 0 aliphatic heterocycles. The van der Waals surface area contributed by atoms with Crippen LogP contribution in [0.15, 0.2) is 57.8 Å². The van der Waals surface area contributed by atoms with Gasteiger partial charge in [-0.15, -0.1) is 10.2 Å². The molecule has 136 valence electrons. The SMILES string of the molecule is COCCNS(=O)(=O)c1ccc(Cl)c(-c2nnc(-c3ccccc3)o2)c1. The molecule has 26 heavy (non-hydrogen) atoms. The third-order valence-corrected chi connectivity index (χ3v) is 5.31. The predicted molar refractivity (Wildman–Crippen MR) is 97.2 cm³/mol. The summed E-state index contributed by atoms with van der Waals surface area (Å²) in [5, 5.41) is 8.29. The first-order valence-corrected chi connectivity index (χ1v) is 9.55. The van der Waals surface area contributed by atoms with Gasteiger partial charge in [0.25, 0.3) is 0 Å². The highest BCUT2D eigenvalue weighted by Crippen LogP contribution is 2.31. The Morgan fingerprint density at radius 1 is 1.12 bits per heavy atom. The summed E-state index contributed by atoms with van der Waals surface area (Å²) >= 11 is 6.20. The van der Waals surface area contributed by atoms with Crippen molar-refractivity contribution in [2.75, 3.05) is 20.3 Å². The molecule has 0 aliphatic carbocycles. The molecule has 0 saturated heterocycles. The van der Waals surface area contributed by atoms with E-state index in [9.17, 15) is 8.42 Å². The maximum atomic E-state index is 12.4. The molecular formula is C17H16ClN3O4S. The highest BCUT2D eigenvalue weighted by Gasteiger charge is 2.19. The van der Waals surface area contributed by atoms with Gasteiger partial charge in [0.15, 0.2) is 0 Å². The number of halogens is 1. The van der Waals surface area contributed by atoms with Gasteiger partial charge in [0, 0.05) is 19.2 Å². The Kier molecular flexibility index (Phi) is 5.67. The van der Waals surface area contributed by atoms with Crippen LogP contribution in [0.1, 0.15) is 0 Å². The Balaban J connectivity index is 1.93. The van der Waals surface area contributed by atoms with E-state index in [0.717, 1.165) is 5.56 Å². The van der Waals surface area contributed by atoms with Gasteiger partial charge in [0.2, 0.25) is 21.8 Å². The Hall–Kier alpha value is -2.26. The van der Waals surface area contributed by atoms with E-state index in [1.165, 1.54) is 25.3 Å². The second-order valence-electron chi connectivity index (χ2n) is 5.31. The van der Waals surface area contributed by atoms with Gasteiger partial charge in [0.1, 0.15) is 0 Å². The van der Waals surface area contributed by atoms with Crippen molar-refractivity contribution in [3.05, 3.63) is 53.6 Å². The zero-order valence-corrected chi connectivity index (χ0v) is 15.4. The minimum Gasteiger partial charge on any atom is -0.416 e. The molecule has 0 radical (unpaired) electrons. The van der Waals surface area contributed by atoms with Crippen LogP contribution in [0, 0.1) is 0 Å². The maximum Gasteiger partial charge on any atom is 0.249 e. The average molecular weight is 394 g/mol. The first kappa shape index (κ1) is 18.5. The summed E-state index contributed by atoms with van der Waals surface area (Å²) in [7, 11) is -2.21. The number of rotatable bonds is 7. The van der Waals surface area contributed by atoms with Crippen molar-refractivity contribution in [2.45, 2.75) is 4.90 Å². The Labute approximate surface area is 156 Å². The topological polar surface area (TPSA) is 94.3 Å². The van der Waals surface area contributed by atoms with Crippen LogP contribution in [-0.2, 0) is 14.8 Å². The highest BCUT2D eigenvalue weighted by molar-refractivity contribution is 7.89. The first-order valence-electron chi connectivity index (χ1n) is 7.69.